The number of allylic oxidation sites excluding steroid dienone is 1. The van der Waals surface area contributed by atoms with Gasteiger partial charge in [0, 0.05) is 17.0 Å². The zero-order valence-corrected chi connectivity index (χ0v) is 21.5. The molecule has 0 fully saturated rings. The van der Waals surface area contributed by atoms with Crippen molar-refractivity contribution in [3.05, 3.63) is 76.7 Å². The number of carbonyl (C=O) groups is 2. The fourth-order valence-corrected chi connectivity index (χ4v) is 4.56. The van der Waals surface area contributed by atoms with E-state index in [0.717, 1.165) is 28.1 Å². The van der Waals surface area contributed by atoms with Crippen molar-refractivity contribution >= 4 is 34.0 Å². The Balaban J connectivity index is 2.12. The zero-order chi connectivity index (χ0) is 24.8. The Hall–Kier alpha value is -3.25. The molecule has 0 atom stereocenters. The predicted molar refractivity (Wildman–Crippen MR) is 140 cm³/mol. The number of hydrogen-bond donors (Lipinski definition) is 0. The lowest BCUT2D eigenvalue weighted by atomic mass is 9.92. The number of anilines is 2. The molecule has 0 unspecified atom stereocenters. The summed E-state index contributed by atoms with van der Waals surface area (Å²) < 4.78 is 5.23. The van der Waals surface area contributed by atoms with Gasteiger partial charge in [-0.05, 0) is 36.8 Å². The number of aryl methyl sites for hydroxylation is 1. The van der Waals surface area contributed by atoms with Gasteiger partial charge in [0.2, 0.25) is 0 Å². The smallest absolute Gasteiger partial charge is 0.330 e. The summed E-state index contributed by atoms with van der Waals surface area (Å²) in [5.41, 5.74) is 5.88. The number of para-hydroxylation sites is 1. The van der Waals surface area contributed by atoms with Crippen LogP contribution in [0.2, 0.25) is 0 Å². The van der Waals surface area contributed by atoms with Crippen LogP contribution in [0.15, 0.2) is 60.0 Å². The summed E-state index contributed by atoms with van der Waals surface area (Å²) in [6.07, 6.45) is 2.89. The number of thiazole rings is 1. The first-order valence-corrected chi connectivity index (χ1v) is 12.4. The van der Waals surface area contributed by atoms with Crippen LogP contribution in [0.3, 0.4) is 0 Å². The first-order valence-electron chi connectivity index (χ1n) is 11.5. The molecule has 0 aliphatic carbocycles. The van der Waals surface area contributed by atoms with Crippen LogP contribution in [0.25, 0.3) is 11.3 Å². The fraction of sp³-hybridized carbons (Fsp3) is 0.321. The molecule has 1 aromatic heterocycles. The topological polar surface area (TPSA) is 59.5 Å². The van der Waals surface area contributed by atoms with Crippen LogP contribution in [0.4, 0.5) is 10.8 Å². The molecule has 0 aliphatic rings. The Labute approximate surface area is 206 Å². The van der Waals surface area contributed by atoms with E-state index in [1.807, 2.05) is 54.8 Å². The number of benzene rings is 2. The molecule has 6 heteroatoms. The van der Waals surface area contributed by atoms with Gasteiger partial charge in [-0.1, -0.05) is 81.8 Å². The van der Waals surface area contributed by atoms with Crippen molar-refractivity contribution in [2.45, 2.75) is 53.4 Å². The largest absolute Gasteiger partial charge is 0.452 e. The van der Waals surface area contributed by atoms with Crippen LogP contribution in [0.1, 0.15) is 63.1 Å². The molecule has 34 heavy (non-hydrogen) atoms. The summed E-state index contributed by atoms with van der Waals surface area (Å²) in [5.74, 6) is -0.508. The van der Waals surface area contributed by atoms with Gasteiger partial charge >= 0.3 is 5.97 Å². The minimum absolute atomic E-state index is 0.186. The van der Waals surface area contributed by atoms with Crippen molar-refractivity contribution in [3.63, 3.8) is 0 Å². The molecule has 3 rings (SSSR count). The van der Waals surface area contributed by atoms with Gasteiger partial charge in [-0.15, -0.1) is 11.3 Å². The number of nitrogens with zero attached hydrogens (tertiary/aromatic N) is 2. The number of amides is 1. The molecule has 0 aliphatic heterocycles. The van der Waals surface area contributed by atoms with Gasteiger partial charge in [-0.2, -0.15) is 0 Å². The molecule has 0 radical (unpaired) electrons. The number of hydrogen-bond acceptors (Lipinski definition) is 5. The molecule has 0 N–H and O–H groups in total. The van der Waals surface area contributed by atoms with Crippen LogP contribution in [0, 0.1) is 6.92 Å². The molecule has 0 saturated carbocycles. The van der Waals surface area contributed by atoms with Crippen LogP contribution in [0.5, 0.6) is 0 Å². The number of esters is 1. The quantitative estimate of drug-likeness (QED) is 0.256. The van der Waals surface area contributed by atoms with Gasteiger partial charge in [-0.3, -0.25) is 9.69 Å². The summed E-state index contributed by atoms with van der Waals surface area (Å²) in [6, 6.07) is 14.3. The molecule has 0 spiro atoms. The van der Waals surface area contributed by atoms with Crippen LogP contribution < -0.4 is 4.90 Å². The summed E-state index contributed by atoms with van der Waals surface area (Å²) >= 11 is 1.40. The van der Waals surface area contributed by atoms with Gasteiger partial charge in [0.05, 0.1) is 11.4 Å². The highest BCUT2D eigenvalue weighted by Crippen LogP contribution is 2.41. The predicted octanol–water partition coefficient (Wildman–Crippen LogP) is 7.15. The molecule has 0 bridgehead atoms. The van der Waals surface area contributed by atoms with Crippen LogP contribution in [-0.4, -0.2) is 23.5 Å². The molecule has 5 nitrogen and oxygen atoms in total. The number of aromatic nitrogens is 1. The molecular weight excluding hydrogens is 444 g/mol. The monoisotopic (exact) mass is 476 g/mol. The fourth-order valence-electron chi connectivity index (χ4n) is 3.70. The maximum atomic E-state index is 13.6. The third-order valence-corrected chi connectivity index (χ3v) is 6.31. The van der Waals surface area contributed by atoms with E-state index in [2.05, 4.69) is 27.7 Å². The van der Waals surface area contributed by atoms with E-state index >= 15 is 0 Å². The van der Waals surface area contributed by atoms with E-state index in [9.17, 15) is 9.59 Å². The van der Waals surface area contributed by atoms with Crippen LogP contribution >= 0.6 is 11.3 Å². The van der Waals surface area contributed by atoms with Gasteiger partial charge in [0.25, 0.3) is 5.91 Å². The molecule has 3 aromatic rings. The van der Waals surface area contributed by atoms with Gasteiger partial charge in [0.15, 0.2) is 11.7 Å². The summed E-state index contributed by atoms with van der Waals surface area (Å²) in [5, 5.41) is 2.51. The van der Waals surface area contributed by atoms with Crippen molar-refractivity contribution in [1.82, 2.24) is 4.98 Å². The number of rotatable bonds is 8. The van der Waals surface area contributed by atoms with E-state index in [4.69, 9.17) is 9.72 Å². The van der Waals surface area contributed by atoms with Crippen LogP contribution in [-0.2, 0) is 14.3 Å². The van der Waals surface area contributed by atoms with E-state index in [-0.39, 0.29) is 24.3 Å². The highest BCUT2D eigenvalue weighted by molar-refractivity contribution is 7.14. The molecule has 1 heterocycles. The van der Waals surface area contributed by atoms with E-state index < -0.39 is 5.97 Å². The third-order valence-electron chi connectivity index (χ3n) is 5.49. The first-order chi connectivity index (χ1) is 16.2. The van der Waals surface area contributed by atoms with Crippen molar-refractivity contribution in [3.8, 4) is 11.3 Å². The Bertz CT molecular complexity index is 1150. The van der Waals surface area contributed by atoms with E-state index in [0.29, 0.717) is 5.13 Å². The lowest BCUT2D eigenvalue weighted by molar-refractivity contribution is -0.142. The highest BCUT2D eigenvalue weighted by atomic mass is 32.1. The molecular formula is C28H32N2O3S. The van der Waals surface area contributed by atoms with Crippen molar-refractivity contribution < 1.29 is 14.3 Å². The highest BCUT2D eigenvalue weighted by Gasteiger charge is 2.28. The van der Waals surface area contributed by atoms with E-state index in [1.165, 1.54) is 23.0 Å². The lowest BCUT2D eigenvalue weighted by Crippen LogP contribution is -2.32. The summed E-state index contributed by atoms with van der Waals surface area (Å²) in [6.45, 7) is 11.8. The Morgan fingerprint density at radius 1 is 1.03 bits per heavy atom. The second-order valence-corrected chi connectivity index (χ2v) is 9.65. The average Bonchev–Trinajstić information content (AvgIpc) is 3.28. The zero-order valence-electron chi connectivity index (χ0n) is 20.7. The second-order valence-electron chi connectivity index (χ2n) is 8.81. The molecule has 1 amide bonds. The Kier molecular flexibility index (Phi) is 8.40. The van der Waals surface area contributed by atoms with E-state index in [1.54, 1.807) is 17.9 Å². The average molecular weight is 477 g/mol. The minimum Gasteiger partial charge on any atom is -0.452 e. The summed E-state index contributed by atoms with van der Waals surface area (Å²) in [7, 11) is 0. The molecule has 0 saturated heterocycles. The third kappa shape index (κ3) is 5.81. The standard InChI is InChI=1S/C28H32N2O3S/c1-7-9-26(32)33-16-25(31)30(27-22(18(2)3)10-8-11-23(27)19(4)5)28-29-24(17-34-28)21-14-12-20(6)13-15-21/h7-15,17-19H,16H2,1-6H3. The van der Waals surface area contributed by atoms with Gasteiger partial charge in [0.1, 0.15) is 0 Å². The molecule has 2 aromatic carbocycles. The SMILES string of the molecule is CC=CC(=O)OCC(=O)N(c1nc(-c2ccc(C)cc2)cs1)c1c(C(C)C)cccc1C(C)C. The number of carbonyl (C=O) groups excluding carboxylic acids is 2. The summed E-state index contributed by atoms with van der Waals surface area (Å²) in [4.78, 5) is 32.0. The van der Waals surface area contributed by atoms with Gasteiger partial charge < -0.3 is 4.74 Å². The number of ether oxygens (including phenoxy) is 1. The first kappa shape index (κ1) is 25.4. The Morgan fingerprint density at radius 2 is 1.65 bits per heavy atom. The maximum Gasteiger partial charge on any atom is 0.330 e. The van der Waals surface area contributed by atoms with Crippen molar-refractivity contribution in [1.29, 1.82) is 0 Å². The van der Waals surface area contributed by atoms with Crippen molar-refractivity contribution in [2.75, 3.05) is 11.5 Å². The minimum atomic E-state index is -0.545. The van der Waals surface area contributed by atoms with Gasteiger partial charge in [-0.25, -0.2) is 9.78 Å². The second kappa shape index (κ2) is 11.3. The lowest BCUT2D eigenvalue weighted by Gasteiger charge is -2.28. The van der Waals surface area contributed by atoms with Crippen molar-refractivity contribution in [2.24, 2.45) is 0 Å². The normalized spacial score (nSPS) is 11.4. The Morgan fingerprint density at radius 3 is 2.21 bits per heavy atom. The molecule has 178 valence electrons. The maximum absolute atomic E-state index is 13.6.